The fourth-order valence-corrected chi connectivity index (χ4v) is 2.54. The van der Waals surface area contributed by atoms with Crippen LogP contribution < -0.4 is 5.73 Å². The molecular weight excluding hydrogens is 188 g/mol. The first kappa shape index (κ1) is 8.65. The SMILES string of the molecule is Nc1cccc2c3n(c(O)c12)CCCC3. The molecular formula is C12H14N2O. The van der Waals surface area contributed by atoms with E-state index in [9.17, 15) is 5.11 Å². The summed E-state index contributed by atoms with van der Waals surface area (Å²) in [5.41, 5.74) is 7.81. The van der Waals surface area contributed by atoms with Gasteiger partial charge in [-0.1, -0.05) is 12.1 Å². The van der Waals surface area contributed by atoms with E-state index in [-0.39, 0.29) is 0 Å². The molecule has 0 spiro atoms. The molecule has 1 aliphatic rings. The van der Waals surface area contributed by atoms with E-state index in [1.807, 2.05) is 22.8 Å². The molecule has 0 bridgehead atoms. The number of aryl methyl sites for hydroxylation is 1. The summed E-state index contributed by atoms with van der Waals surface area (Å²) < 4.78 is 2.00. The minimum absolute atomic E-state index is 0.345. The van der Waals surface area contributed by atoms with Crippen LogP contribution in [0.2, 0.25) is 0 Å². The van der Waals surface area contributed by atoms with Gasteiger partial charge in [-0.3, -0.25) is 0 Å². The molecule has 0 saturated carbocycles. The van der Waals surface area contributed by atoms with Gasteiger partial charge in [0.1, 0.15) is 0 Å². The molecule has 15 heavy (non-hydrogen) atoms. The fourth-order valence-electron chi connectivity index (χ4n) is 2.54. The van der Waals surface area contributed by atoms with E-state index in [4.69, 9.17) is 5.73 Å². The number of hydrogen-bond acceptors (Lipinski definition) is 2. The van der Waals surface area contributed by atoms with Crippen LogP contribution in [0.15, 0.2) is 18.2 Å². The summed E-state index contributed by atoms with van der Waals surface area (Å²) in [7, 11) is 0. The Morgan fingerprint density at radius 2 is 2.13 bits per heavy atom. The van der Waals surface area contributed by atoms with Crippen LogP contribution in [0.25, 0.3) is 10.8 Å². The summed E-state index contributed by atoms with van der Waals surface area (Å²) in [6, 6.07) is 5.84. The monoisotopic (exact) mass is 202 g/mol. The van der Waals surface area contributed by atoms with Crippen molar-refractivity contribution in [3.05, 3.63) is 23.9 Å². The summed E-state index contributed by atoms with van der Waals surface area (Å²) in [6.45, 7) is 0.912. The largest absolute Gasteiger partial charge is 0.494 e. The summed E-state index contributed by atoms with van der Waals surface area (Å²) >= 11 is 0. The Hall–Kier alpha value is -1.64. The van der Waals surface area contributed by atoms with Crippen LogP contribution in [0.5, 0.6) is 5.88 Å². The van der Waals surface area contributed by atoms with Crippen molar-refractivity contribution in [3.8, 4) is 5.88 Å². The minimum Gasteiger partial charge on any atom is -0.494 e. The first-order valence-electron chi connectivity index (χ1n) is 5.37. The molecule has 2 heterocycles. The Balaban J connectivity index is 2.44. The molecule has 3 nitrogen and oxygen atoms in total. The predicted molar refractivity (Wildman–Crippen MR) is 61.0 cm³/mol. The first-order valence-corrected chi connectivity index (χ1v) is 5.37. The Morgan fingerprint density at radius 3 is 3.00 bits per heavy atom. The van der Waals surface area contributed by atoms with Gasteiger partial charge in [-0.2, -0.15) is 0 Å². The molecule has 3 rings (SSSR count). The summed E-state index contributed by atoms with van der Waals surface area (Å²) in [4.78, 5) is 0. The van der Waals surface area contributed by atoms with E-state index >= 15 is 0 Å². The Bertz CT molecular complexity index is 528. The van der Waals surface area contributed by atoms with Crippen molar-refractivity contribution in [1.29, 1.82) is 0 Å². The van der Waals surface area contributed by atoms with Crippen LogP contribution in [0.3, 0.4) is 0 Å². The quantitative estimate of drug-likeness (QED) is 0.644. The lowest BCUT2D eigenvalue weighted by atomic mass is 10.1. The molecule has 0 amide bonds. The molecule has 1 aromatic carbocycles. The van der Waals surface area contributed by atoms with Gasteiger partial charge in [0.2, 0.25) is 5.88 Å². The molecule has 3 N–H and O–H groups in total. The van der Waals surface area contributed by atoms with Crippen LogP contribution in [0, 0.1) is 0 Å². The standard InChI is InChI=1S/C12H14N2O/c13-9-5-3-4-8-10-6-1-2-7-14(10)12(15)11(8)9/h3-5,15H,1-2,6-7,13H2. The van der Waals surface area contributed by atoms with Gasteiger partial charge in [-0.05, 0) is 25.3 Å². The number of aromatic hydroxyl groups is 1. The molecule has 2 aromatic rings. The average molecular weight is 202 g/mol. The summed E-state index contributed by atoms with van der Waals surface area (Å²) in [5.74, 6) is 0.345. The van der Waals surface area contributed by atoms with E-state index < -0.39 is 0 Å². The minimum atomic E-state index is 0.345. The molecule has 0 aliphatic carbocycles. The second kappa shape index (κ2) is 2.92. The normalized spacial score (nSPS) is 15.5. The maximum absolute atomic E-state index is 10.1. The number of aromatic nitrogens is 1. The molecule has 3 heteroatoms. The molecule has 1 aliphatic heterocycles. The number of nitrogens with zero attached hydrogens (tertiary/aromatic N) is 1. The van der Waals surface area contributed by atoms with Crippen LogP contribution in [0.1, 0.15) is 18.5 Å². The highest BCUT2D eigenvalue weighted by atomic mass is 16.3. The number of nitrogen functional groups attached to an aromatic ring is 1. The zero-order valence-corrected chi connectivity index (χ0v) is 8.53. The van der Waals surface area contributed by atoms with Crippen molar-refractivity contribution in [2.75, 3.05) is 5.73 Å². The highest BCUT2D eigenvalue weighted by Gasteiger charge is 2.19. The second-order valence-electron chi connectivity index (χ2n) is 4.15. The zero-order chi connectivity index (χ0) is 10.4. The Kier molecular flexibility index (Phi) is 1.69. The maximum Gasteiger partial charge on any atom is 0.201 e. The molecule has 78 valence electrons. The van der Waals surface area contributed by atoms with Crippen molar-refractivity contribution in [2.24, 2.45) is 0 Å². The smallest absolute Gasteiger partial charge is 0.201 e. The van der Waals surface area contributed by atoms with Gasteiger partial charge in [-0.25, -0.2) is 0 Å². The van der Waals surface area contributed by atoms with Crippen molar-refractivity contribution >= 4 is 16.5 Å². The first-order chi connectivity index (χ1) is 7.29. The number of fused-ring (bicyclic) bond motifs is 3. The molecule has 0 unspecified atom stereocenters. The topological polar surface area (TPSA) is 51.2 Å². The van der Waals surface area contributed by atoms with Gasteiger partial charge in [0.15, 0.2) is 0 Å². The number of benzene rings is 1. The second-order valence-corrected chi connectivity index (χ2v) is 4.15. The van der Waals surface area contributed by atoms with Crippen LogP contribution >= 0.6 is 0 Å². The Labute approximate surface area is 88.1 Å². The van der Waals surface area contributed by atoms with Crippen LogP contribution in [-0.2, 0) is 13.0 Å². The van der Waals surface area contributed by atoms with E-state index in [0.29, 0.717) is 11.6 Å². The van der Waals surface area contributed by atoms with Crippen LogP contribution in [-0.4, -0.2) is 9.67 Å². The molecule has 0 saturated heterocycles. The number of hydrogen-bond donors (Lipinski definition) is 2. The van der Waals surface area contributed by atoms with Gasteiger partial charge in [-0.15, -0.1) is 0 Å². The summed E-state index contributed by atoms with van der Waals surface area (Å²) in [5, 5.41) is 12.0. The molecule has 0 fully saturated rings. The summed E-state index contributed by atoms with van der Waals surface area (Å²) in [6.07, 6.45) is 3.38. The third-order valence-corrected chi connectivity index (χ3v) is 3.26. The molecule has 0 atom stereocenters. The lowest BCUT2D eigenvalue weighted by Gasteiger charge is -2.15. The van der Waals surface area contributed by atoms with Crippen LogP contribution in [0.4, 0.5) is 5.69 Å². The van der Waals surface area contributed by atoms with E-state index in [1.165, 1.54) is 12.1 Å². The van der Waals surface area contributed by atoms with Gasteiger partial charge in [0, 0.05) is 23.3 Å². The zero-order valence-electron chi connectivity index (χ0n) is 8.53. The third-order valence-electron chi connectivity index (χ3n) is 3.26. The predicted octanol–water partition coefficient (Wildman–Crippen LogP) is 2.27. The third kappa shape index (κ3) is 1.06. The lowest BCUT2D eigenvalue weighted by molar-refractivity contribution is 0.398. The number of anilines is 1. The van der Waals surface area contributed by atoms with E-state index in [1.54, 1.807) is 0 Å². The maximum atomic E-state index is 10.1. The van der Waals surface area contributed by atoms with E-state index in [2.05, 4.69) is 0 Å². The average Bonchev–Trinajstić information content (AvgIpc) is 2.55. The highest BCUT2D eigenvalue weighted by Crippen LogP contribution is 2.37. The van der Waals surface area contributed by atoms with Crippen molar-refractivity contribution in [1.82, 2.24) is 4.57 Å². The van der Waals surface area contributed by atoms with Crippen molar-refractivity contribution in [2.45, 2.75) is 25.8 Å². The highest BCUT2D eigenvalue weighted by molar-refractivity contribution is 5.99. The molecule has 1 aromatic heterocycles. The lowest BCUT2D eigenvalue weighted by Crippen LogP contribution is -2.08. The van der Waals surface area contributed by atoms with Gasteiger partial charge in [0.05, 0.1) is 5.39 Å². The van der Waals surface area contributed by atoms with Crippen molar-refractivity contribution < 1.29 is 5.11 Å². The molecule has 0 radical (unpaired) electrons. The Morgan fingerprint density at radius 1 is 1.27 bits per heavy atom. The van der Waals surface area contributed by atoms with E-state index in [0.717, 1.165) is 30.2 Å². The van der Waals surface area contributed by atoms with Gasteiger partial charge >= 0.3 is 0 Å². The van der Waals surface area contributed by atoms with Gasteiger partial charge < -0.3 is 15.4 Å². The van der Waals surface area contributed by atoms with Crippen molar-refractivity contribution in [3.63, 3.8) is 0 Å². The fraction of sp³-hybridized carbons (Fsp3) is 0.333. The van der Waals surface area contributed by atoms with Gasteiger partial charge in [0.25, 0.3) is 0 Å². The number of rotatable bonds is 0. The number of nitrogens with two attached hydrogens (primary N) is 1.